The molecule has 2 amide bonds. The maximum absolute atomic E-state index is 11.5. The normalized spacial score (nSPS) is 10.2. The summed E-state index contributed by atoms with van der Waals surface area (Å²) in [6, 6.07) is 3.35. The minimum Gasteiger partial charge on any atom is -0.361 e. The van der Waals surface area contributed by atoms with Gasteiger partial charge in [0.15, 0.2) is 0 Å². The number of amides is 2. The van der Waals surface area contributed by atoms with Crippen LogP contribution in [0.15, 0.2) is 18.3 Å². The Morgan fingerprint density at radius 1 is 1.25 bits per heavy atom. The first-order valence-corrected chi connectivity index (χ1v) is 6.77. The Kier molecular flexibility index (Phi) is 6.49. The Morgan fingerprint density at radius 3 is 2.55 bits per heavy atom. The van der Waals surface area contributed by atoms with Crippen molar-refractivity contribution < 1.29 is 9.59 Å². The van der Waals surface area contributed by atoms with Gasteiger partial charge in [-0.1, -0.05) is 13.8 Å². The third-order valence-corrected chi connectivity index (χ3v) is 2.50. The summed E-state index contributed by atoms with van der Waals surface area (Å²) in [4.78, 5) is 27.1. The molecule has 0 aliphatic carbocycles. The van der Waals surface area contributed by atoms with Gasteiger partial charge in [0, 0.05) is 19.3 Å². The van der Waals surface area contributed by atoms with Crippen molar-refractivity contribution in [3.05, 3.63) is 23.9 Å². The zero-order valence-electron chi connectivity index (χ0n) is 12.2. The van der Waals surface area contributed by atoms with Crippen LogP contribution in [-0.2, 0) is 4.79 Å². The van der Waals surface area contributed by atoms with Gasteiger partial charge in [-0.3, -0.25) is 9.59 Å². The van der Waals surface area contributed by atoms with Crippen molar-refractivity contribution >= 4 is 17.6 Å². The first-order valence-electron chi connectivity index (χ1n) is 6.77. The van der Waals surface area contributed by atoms with E-state index in [1.165, 1.54) is 6.20 Å². The Bertz CT molecular complexity index is 443. The standard InChI is InChI=1S/C14H22N4O2/c1-4-15-14(20)11-5-6-12(16-8-11)17-9-13(19)18-7-10(2)3/h5-6,8,10H,4,7,9H2,1-3H3,(H,15,20)(H,16,17)(H,18,19). The summed E-state index contributed by atoms with van der Waals surface area (Å²) >= 11 is 0. The topological polar surface area (TPSA) is 83.1 Å². The van der Waals surface area contributed by atoms with E-state index < -0.39 is 0 Å². The quantitative estimate of drug-likeness (QED) is 0.695. The van der Waals surface area contributed by atoms with Gasteiger partial charge in [0.1, 0.15) is 5.82 Å². The van der Waals surface area contributed by atoms with Crippen molar-refractivity contribution in [2.45, 2.75) is 20.8 Å². The molecule has 1 aromatic heterocycles. The van der Waals surface area contributed by atoms with Crippen molar-refractivity contribution in [2.75, 3.05) is 25.0 Å². The molecule has 6 nitrogen and oxygen atoms in total. The van der Waals surface area contributed by atoms with Gasteiger partial charge in [0.2, 0.25) is 5.91 Å². The van der Waals surface area contributed by atoms with Crippen LogP contribution in [0.1, 0.15) is 31.1 Å². The molecule has 0 fully saturated rings. The number of aromatic nitrogens is 1. The highest BCUT2D eigenvalue weighted by Crippen LogP contribution is 2.04. The summed E-state index contributed by atoms with van der Waals surface area (Å²) in [6.45, 7) is 7.33. The van der Waals surface area contributed by atoms with Gasteiger partial charge in [0.05, 0.1) is 12.1 Å². The lowest BCUT2D eigenvalue weighted by atomic mass is 10.2. The van der Waals surface area contributed by atoms with E-state index in [9.17, 15) is 9.59 Å². The maximum Gasteiger partial charge on any atom is 0.252 e. The van der Waals surface area contributed by atoms with Crippen LogP contribution in [0, 0.1) is 5.92 Å². The van der Waals surface area contributed by atoms with E-state index in [0.717, 1.165) is 0 Å². The molecule has 1 heterocycles. The van der Waals surface area contributed by atoms with E-state index in [0.29, 0.717) is 30.4 Å². The minimum atomic E-state index is -0.152. The van der Waals surface area contributed by atoms with Crippen LogP contribution < -0.4 is 16.0 Å². The number of rotatable bonds is 7. The predicted molar refractivity (Wildman–Crippen MR) is 78.6 cm³/mol. The molecule has 110 valence electrons. The van der Waals surface area contributed by atoms with E-state index in [1.807, 2.05) is 20.8 Å². The first kappa shape index (κ1) is 15.9. The highest BCUT2D eigenvalue weighted by atomic mass is 16.2. The van der Waals surface area contributed by atoms with Gasteiger partial charge >= 0.3 is 0 Å². The molecular formula is C14H22N4O2. The second-order valence-electron chi connectivity index (χ2n) is 4.84. The molecule has 0 saturated carbocycles. The Hall–Kier alpha value is -2.11. The smallest absolute Gasteiger partial charge is 0.252 e. The average Bonchev–Trinajstić information content (AvgIpc) is 2.43. The Morgan fingerprint density at radius 2 is 2.00 bits per heavy atom. The third-order valence-electron chi connectivity index (χ3n) is 2.50. The van der Waals surface area contributed by atoms with Gasteiger partial charge < -0.3 is 16.0 Å². The zero-order valence-corrected chi connectivity index (χ0v) is 12.2. The number of hydrogen-bond acceptors (Lipinski definition) is 4. The van der Waals surface area contributed by atoms with Crippen molar-refractivity contribution in [1.82, 2.24) is 15.6 Å². The summed E-state index contributed by atoms with van der Waals surface area (Å²) in [5, 5.41) is 8.41. The van der Waals surface area contributed by atoms with Crippen LogP contribution in [0.3, 0.4) is 0 Å². The van der Waals surface area contributed by atoms with E-state index in [-0.39, 0.29) is 18.4 Å². The largest absolute Gasteiger partial charge is 0.361 e. The molecule has 3 N–H and O–H groups in total. The van der Waals surface area contributed by atoms with E-state index >= 15 is 0 Å². The van der Waals surface area contributed by atoms with Crippen molar-refractivity contribution in [3.63, 3.8) is 0 Å². The molecular weight excluding hydrogens is 256 g/mol. The molecule has 0 radical (unpaired) electrons. The Labute approximate surface area is 119 Å². The summed E-state index contributed by atoms with van der Waals surface area (Å²) in [6.07, 6.45) is 1.49. The SMILES string of the molecule is CCNC(=O)c1ccc(NCC(=O)NCC(C)C)nc1. The number of carbonyl (C=O) groups is 2. The number of anilines is 1. The lowest BCUT2D eigenvalue weighted by Crippen LogP contribution is -2.32. The second-order valence-corrected chi connectivity index (χ2v) is 4.84. The molecule has 0 saturated heterocycles. The number of nitrogens with one attached hydrogen (secondary N) is 3. The zero-order chi connectivity index (χ0) is 15.0. The summed E-state index contributed by atoms with van der Waals surface area (Å²) in [7, 11) is 0. The number of pyridine rings is 1. The molecule has 6 heteroatoms. The van der Waals surface area contributed by atoms with Crippen LogP contribution in [-0.4, -0.2) is 36.4 Å². The van der Waals surface area contributed by atoms with Crippen LogP contribution in [0.4, 0.5) is 5.82 Å². The van der Waals surface area contributed by atoms with Crippen LogP contribution in [0.2, 0.25) is 0 Å². The van der Waals surface area contributed by atoms with Gasteiger partial charge in [-0.25, -0.2) is 4.98 Å². The van der Waals surface area contributed by atoms with Gasteiger partial charge in [-0.05, 0) is 25.0 Å². The van der Waals surface area contributed by atoms with E-state index in [4.69, 9.17) is 0 Å². The molecule has 0 atom stereocenters. The molecule has 0 aromatic carbocycles. The predicted octanol–water partition coefficient (Wildman–Crippen LogP) is 1.02. The first-order chi connectivity index (χ1) is 9.52. The summed E-state index contributed by atoms with van der Waals surface area (Å²) in [5.41, 5.74) is 0.502. The molecule has 0 aliphatic rings. The monoisotopic (exact) mass is 278 g/mol. The van der Waals surface area contributed by atoms with Crippen molar-refractivity contribution in [1.29, 1.82) is 0 Å². The molecule has 0 unspecified atom stereocenters. The summed E-state index contributed by atoms with van der Waals surface area (Å²) in [5.74, 6) is 0.765. The molecule has 20 heavy (non-hydrogen) atoms. The molecule has 0 bridgehead atoms. The number of nitrogens with zero attached hydrogens (tertiary/aromatic N) is 1. The Balaban J connectivity index is 2.42. The molecule has 1 rings (SSSR count). The van der Waals surface area contributed by atoms with Gasteiger partial charge in [-0.2, -0.15) is 0 Å². The molecule has 1 aromatic rings. The lowest BCUT2D eigenvalue weighted by Gasteiger charge is -2.09. The van der Waals surface area contributed by atoms with Gasteiger partial charge in [0.25, 0.3) is 5.91 Å². The number of carbonyl (C=O) groups excluding carboxylic acids is 2. The van der Waals surface area contributed by atoms with Crippen LogP contribution in [0.25, 0.3) is 0 Å². The van der Waals surface area contributed by atoms with Crippen LogP contribution in [0.5, 0.6) is 0 Å². The van der Waals surface area contributed by atoms with Gasteiger partial charge in [-0.15, -0.1) is 0 Å². The lowest BCUT2D eigenvalue weighted by molar-refractivity contribution is -0.119. The third kappa shape index (κ3) is 5.69. The number of hydrogen-bond donors (Lipinski definition) is 3. The fraction of sp³-hybridized carbons (Fsp3) is 0.500. The van der Waals surface area contributed by atoms with Crippen molar-refractivity contribution in [2.24, 2.45) is 5.92 Å². The minimum absolute atomic E-state index is 0.0756. The fourth-order valence-electron chi connectivity index (χ4n) is 1.45. The molecule has 0 spiro atoms. The maximum atomic E-state index is 11.5. The average molecular weight is 278 g/mol. The summed E-state index contributed by atoms with van der Waals surface area (Å²) < 4.78 is 0. The highest BCUT2D eigenvalue weighted by molar-refractivity contribution is 5.94. The van der Waals surface area contributed by atoms with E-state index in [2.05, 4.69) is 20.9 Å². The van der Waals surface area contributed by atoms with E-state index in [1.54, 1.807) is 12.1 Å². The second kappa shape index (κ2) is 8.14. The highest BCUT2D eigenvalue weighted by Gasteiger charge is 2.06. The molecule has 0 aliphatic heterocycles. The fourth-order valence-corrected chi connectivity index (χ4v) is 1.45. The van der Waals surface area contributed by atoms with Crippen LogP contribution >= 0.6 is 0 Å². The van der Waals surface area contributed by atoms with Crippen molar-refractivity contribution in [3.8, 4) is 0 Å².